The van der Waals surface area contributed by atoms with E-state index in [9.17, 15) is 19.2 Å². The highest BCUT2D eigenvalue weighted by Gasteiger charge is 2.39. The van der Waals surface area contributed by atoms with Crippen molar-refractivity contribution < 1.29 is 28.7 Å². The molecule has 3 aromatic heterocycles. The van der Waals surface area contributed by atoms with Crippen LogP contribution in [0, 0.1) is 23.7 Å². The molecule has 60 heavy (non-hydrogen) atoms. The lowest BCUT2D eigenvalue weighted by molar-refractivity contribution is -0.136. The predicted octanol–water partition coefficient (Wildman–Crippen LogP) is 6.50. The van der Waals surface area contributed by atoms with Crippen molar-refractivity contribution in [2.24, 2.45) is 11.8 Å². The van der Waals surface area contributed by atoms with Crippen LogP contribution in [-0.2, 0) is 19.1 Å². The molecule has 15 nitrogen and oxygen atoms in total. The number of ether oxygens (including phenoxy) is 2. The third-order valence-corrected chi connectivity index (χ3v) is 11.2. The molecule has 0 unspecified atom stereocenters. The number of nitrogens with zero attached hydrogens (tertiary/aromatic N) is 5. The minimum Gasteiger partial charge on any atom is -0.453 e. The molecular weight excluding hydrogens is 763 g/mol. The number of alkyl carbamates (subject to hydrolysis) is 2. The number of benzene rings is 2. The zero-order valence-electron chi connectivity index (χ0n) is 34.7. The number of imidazole rings is 2. The number of carbonyl (C=O) groups is 4. The Balaban J connectivity index is 0.995. The first-order valence-electron chi connectivity index (χ1n) is 20.4. The van der Waals surface area contributed by atoms with Crippen LogP contribution in [0.15, 0.2) is 67.1 Å². The van der Waals surface area contributed by atoms with Gasteiger partial charge in [-0.1, -0.05) is 57.7 Å². The molecule has 4 amide bonds. The highest BCUT2D eigenvalue weighted by molar-refractivity contribution is 5.87. The number of likely N-dealkylation sites (tertiary alicyclic amines) is 2. The van der Waals surface area contributed by atoms with Crippen LogP contribution in [0.3, 0.4) is 0 Å². The van der Waals surface area contributed by atoms with E-state index in [1.165, 1.54) is 14.2 Å². The molecule has 5 aromatic rings. The fourth-order valence-electron chi connectivity index (χ4n) is 7.91. The number of hydrogen-bond donors (Lipinski definition) is 4. The van der Waals surface area contributed by atoms with Gasteiger partial charge in [-0.3, -0.25) is 14.6 Å². The van der Waals surface area contributed by atoms with Crippen LogP contribution in [-0.4, -0.2) is 98.1 Å². The average molecular weight is 814 g/mol. The molecule has 0 aliphatic carbocycles. The van der Waals surface area contributed by atoms with Gasteiger partial charge in [-0.15, -0.1) is 0 Å². The molecule has 2 aliphatic heterocycles. The van der Waals surface area contributed by atoms with E-state index in [1.807, 2.05) is 70.2 Å². The van der Waals surface area contributed by atoms with Gasteiger partial charge in [0, 0.05) is 41.4 Å². The number of amides is 4. The van der Waals surface area contributed by atoms with Crippen LogP contribution in [0.2, 0.25) is 0 Å². The molecule has 0 saturated carbocycles. The van der Waals surface area contributed by atoms with Gasteiger partial charge in [0.1, 0.15) is 23.7 Å². The molecule has 2 aromatic carbocycles. The van der Waals surface area contributed by atoms with Crippen LogP contribution >= 0.6 is 0 Å². The number of aromatic nitrogens is 5. The standard InChI is InChI=1S/C45H51N9O6/c1-26(2)38(51-44(57)59-5)42(55)53-19-7-9-36(53)40-47-24-34(49-40)30-16-13-28(14-17-30)11-12-29-15-18-31-22-32(23-46-33(31)21-29)35-25-48-41(50-35)37-10-8-20-54(37)43(56)39(27(3)4)52-45(58)60-6/h13-18,21-27,36-39H,7-10,19-20H2,1-6H3,(H,47,49)(H,48,50)(H,51,57)(H,52,58)/t36-,37-,38-,39-/m0/s1. The number of hydrogen-bond acceptors (Lipinski definition) is 9. The Hall–Kier alpha value is -6.69. The van der Waals surface area contributed by atoms with Gasteiger partial charge in [0.15, 0.2) is 0 Å². The van der Waals surface area contributed by atoms with Gasteiger partial charge in [-0.25, -0.2) is 19.6 Å². The second-order valence-electron chi connectivity index (χ2n) is 15.9. The molecule has 4 atom stereocenters. The normalized spacial score (nSPS) is 17.3. The Morgan fingerprint density at radius 1 is 0.667 bits per heavy atom. The summed E-state index contributed by atoms with van der Waals surface area (Å²) in [7, 11) is 2.57. The van der Waals surface area contributed by atoms with E-state index in [2.05, 4.69) is 48.5 Å². The van der Waals surface area contributed by atoms with Crippen molar-refractivity contribution in [2.75, 3.05) is 27.3 Å². The molecule has 0 radical (unpaired) electrons. The molecule has 2 fully saturated rings. The molecular formula is C45H51N9O6. The van der Waals surface area contributed by atoms with Crippen LogP contribution in [0.5, 0.6) is 0 Å². The highest BCUT2D eigenvalue weighted by atomic mass is 16.5. The first kappa shape index (κ1) is 41.5. The largest absolute Gasteiger partial charge is 0.453 e. The summed E-state index contributed by atoms with van der Waals surface area (Å²) in [5.41, 5.74) is 5.94. The number of rotatable bonds is 10. The lowest BCUT2D eigenvalue weighted by atomic mass is 10.0. The average Bonchev–Trinajstić information content (AvgIpc) is 4.10. The van der Waals surface area contributed by atoms with Gasteiger partial charge in [0.2, 0.25) is 11.8 Å². The monoisotopic (exact) mass is 813 g/mol. The minimum atomic E-state index is -0.700. The van der Waals surface area contributed by atoms with Crippen molar-refractivity contribution in [3.8, 4) is 34.4 Å². The van der Waals surface area contributed by atoms with Gasteiger partial charge in [-0.2, -0.15) is 0 Å². The number of nitrogens with one attached hydrogen (secondary N) is 4. The fourth-order valence-corrected chi connectivity index (χ4v) is 7.91. The SMILES string of the molecule is COC(=O)N[C@H](C(=O)N1CCC[C@H]1c1ncc(-c2ccc(C#Cc3ccc4cc(-c5cnc([C@@H]6CCCN6C(=O)[C@@H](NC(=O)OC)C(C)C)[nH]5)cnc4c3)cc2)[nH]1)C(C)C. The number of fused-ring (bicyclic) bond motifs is 1. The molecule has 5 heterocycles. The van der Waals surface area contributed by atoms with E-state index in [-0.39, 0.29) is 35.7 Å². The third kappa shape index (κ3) is 8.97. The predicted molar refractivity (Wildman–Crippen MR) is 225 cm³/mol. The summed E-state index contributed by atoms with van der Waals surface area (Å²) in [5, 5.41) is 6.33. The van der Waals surface area contributed by atoms with Gasteiger partial charge in [0.05, 0.1) is 55.6 Å². The van der Waals surface area contributed by atoms with E-state index in [0.29, 0.717) is 24.7 Å². The first-order valence-corrected chi connectivity index (χ1v) is 20.4. The maximum Gasteiger partial charge on any atom is 0.407 e. The number of H-pyrrole nitrogens is 2. The van der Waals surface area contributed by atoms with E-state index in [0.717, 1.165) is 70.2 Å². The molecule has 312 valence electrons. The summed E-state index contributed by atoms with van der Waals surface area (Å²) in [6.45, 7) is 8.75. The Labute approximate surface area is 349 Å². The van der Waals surface area contributed by atoms with Gasteiger partial charge in [-0.05, 0) is 73.4 Å². The van der Waals surface area contributed by atoms with Gasteiger partial charge >= 0.3 is 12.2 Å². The maximum atomic E-state index is 13.6. The van der Waals surface area contributed by atoms with E-state index in [1.54, 1.807) is 28.4 Å². The summed E-state index contributed by atoms with van der Waals surface area (Å²) >= 11 is 0. The number of carbonyl (C=O) groups excluding carboxylic acids is 4. The molecule has 15 heteroatoms. The topological polar surface area (TPSA) is 188 Å². The van der Waals surface area contributed by atoms with Crippen LogP contribution in [0.4, 0.5) is 9.59 Å². The second-order valence-corrected chi connectivity index (χ2v) is 15.9. The Morgan fingerprint density at radius 3 is 1.68 bits per heavy atom. The smallest absolute Gasteiger partial charge is 0.407 e. The van der Waals surface area contributed by atoms with Crippen molar-refractivity contribution in [3.63, 3.8) is 0 Å². The van der Waals surface area contributed by atoms with Gasteiger partial charge in [0.25, 0.3) is 0 Å². The van der Waals surface area contributed by atoms with E-state index < -0.39 is 24.3 Å². The minimum absolute atomic E-state index is 0.110. The molecule has 2 aliphatic rings. The van der Waals surface area contributed by atoms with E-state index in [4.69, 9.17) is 14.5 Å². The molecule has 2 saturated heterocycles. The van der Waals surface area contributed by atoms with Crippen molar-refractivity contribution >= 4 is 34.9 Å². The summed E-state index contributed by atoms with van der Waals surface area (Å²) in [6.07, 6.45) is 7.31. The van der Waals surface area contributed by atoms with Crippen molar-refractivity contribution in [1.82, 2.24) is 45.4 Å². The number of pyridine rings is 1. The number of aromatic amines is 2. The third-order valence-electron chi connectivity index (χ3n) is 11.2. The Kier molecular flexibility index (Phi) is 12.5. The summed E-state index contributed by atoms with van der Waals surface area (Å²) in [6, 6.07) is 14.1. The van der Waals surface area contributed by atoms with Crippen LogP contribution in [0.1, 0.15) is 88.2 Å². The summed E-state index contributed by atoms with van der Waals surface area (Å²) in [4.78, 5) is 75.5. The summed E-state index contributed by atoms with van der Waals surface area (Å²) < 4.78 is 9.51. The fraction of sp³-hybridized carbons (Fsp3) is 0.400. The number of methoxy groups -OCH3 is 2. The Bertz CT molecular complexity index is 2430. The van der Waals surface area contributed by atoms with Crippen molar-refractivity contribution in [1.29, 1.82) is 0 Å². The van der Waals surface area contributed by atoms with Crippen LogP contribution in [0.25, 0.3) is 33.4 Å². The summed E-state index contributed by atoms with van der Waals surface area (Å²) in [5.74, 6) is 7.40. The second kappa shape index (κ2) is 18.1. The lowest BCUT2D eigenvalue weighted by Crippen LogP contribution is -2.51. The van der Waals surface area contributed by atoms with Crippen molar-refractivity contribution in [3.05, 3.63) is 89.9 Å². The van der Waals surface area contributed by atoms with Crippen LogP contribution < -0.4 is 10.6 Å². The Morgan fingerprint density at radius 2 is 1.17 bits per heavy atom. The van der Waals surface area contributed by atoms with Crippen molar-refractivity contribution in [2.45, 2.75) is 77.5 Å². The molecule has 4 N–H and O–H groups in total. The zero-order chi connectivity index (χ0) is 42.5. The lowest BCUT2D eigenvalue weighted by Gasteiger charge is -2.30. The quantitative estimate of drug-likeness (QED) is 0.114. The molecule has 0 bridgehead atoms. The van der Waals surface area contributed by atoms with E-state index >= 15 is 0 Å². The first-order chi connectivity index (χ1) is 28.9. The zero-order valence-corrected chi connectivity index (χ0v) is 34.7. The highest BCUT2D eigenvalue weighted by Crippen LogP contribution is 2.34. The maximum absolute atomic E-state index is 13.6. The molecule has 0 spiro atoms. The van der Waals surface area contributed by atoms with Gasteiger partial charge < -0.3 is 39.9 Å². The molecule has 7 rings (SSSR count).